The van der Waals surface area contributed by atoms with Crippen molar-refractivity contribution in [2.24, 2.45) is 4.99 Å². The maximum atomic E-state index is 10.5. The van der Waals surface area contributed by atoms with Gasteiger partial charge in [-0.1, -0.05) is 19.1 Å². The van der Waals surface area contributed by atoms with Crippen molar-refractivity contribution in [1.82, 2.24) is 19.6 Å². The molecule has 10 heteroatoms. The fraction of sp³-hybridized carbons (Fsp3) is 0.550. The second-order valence-electron chi connectivity index (χ2n) is 6.80. The predicted octanol–water partition coefficient (Wildman–Crippen LogP) is 2.55. The number of piperazine rings is 1. The van der Waals surface area contributed by atoms with Crippen LogP contribution in [0.1, 0.15) is 31.3 Å². The number of nitrogens with one attached hydrogen (secondary N) is 1. The Balaban J connectivity index is 0.00000320. The molecular formula is C20H31IN6O2S. The highest BCUT2D eigenvalue weighted by molar-refractivity contribution is 14.0. The Kier molecular flexibility index (Phi) is 10.1. The number of halogens is 1. The molecule has 2 N–H and O–H groups in total. The lowest BCUT2D eigenvalue weighted by Crippen LogP contribution is -2.52. The maximum absolute atomic E-state index is 10.5. The first-order valence-electron chi connectivity index (χ1n) is 10.1. The lowest BCUT2D eigenvalue weighted by Gasteiger charge is -2.36. The fourth-order valence-electron chi connectivity index (χ4n) is 3.16. The van der Waals surface area contributed by atoms with E-state index in [0.717, 1.165) is 67.4 Å². The summed E-state index contributed by atoms with van der Waals surface area (Å²) in [5.74, 6) is 2.53. The monoisotopic (exact) mass is 546 g/mol. The molecule has 0 spiro atoms. The zero-order valence-electron chi connectivity index (χ0n) is 17.7. The van der Waals surface area contributed by atoms with Gasteiger partial charge < -0.3 is 25.0 Å². The Morgan fingerprint density at radius 2 is 1.93 bits per heavy atom. The van der Waals surface area contributed by atoms with Gasteiger partial charge in [0.25, 0.3) is 0 Å². The zero-order valence-corrected chi connectivity index (χ0v) is 20.9. The van der Waals surface area contributed by atoms with Gasteiger partial charge in [-0.3, -0.25) is 4.99 Å². The fourth-order valence-corrected chi connectivity index (χ4v) is 3.96. The van der Waals surface area contributed by atoms with E-state index < -0.39 is 6.10 Å². The highest BCUT2D eigenvalue weighted by Crippen LogP contribution is 2.20. The van der Waals surface area contributed by atoms with Crippen LogP contribution >= 0.6 is 35.5 Å². The normalized spacial score (nSPS) is 15.5. The van der Waals surface area contributed by atoms with Gasteiger partial charge in [0, 0.05) is 50.7 Å². The van der Waals surface area contributed by atoms with E-state index in [2.05, 4.69) is 43.3 Å². The molecule has 2 heterocycles. The summed E-state index contributed by atoms with van der Waals surface area (Å²) >= 11 is 1.47. The van der Waals surface area contributed by atoms with Crippen LogP contribution in [0.15, 0.2) is 29.3 Å². The Morgan fingerprint density at radius 3 is 2.50 bits per heavy atom. The number of anilines is 1. The van der Waals surface area contributed by atoms with E-state index in [-0.39, 0.29) is 24.0 Å². The topological polar surface area (TPSA) is 86.1 Å². The molecule has 2 aromatic rings. The van der Waals surface area contributed by atoms with Crippen LogP contribution in [0.25, 0.3) is 0 Å². The zero-order chi connectivity index (χ0) is 20.6. The molecule has 166 valence electrons. The number of ether oxygens (including phenoxy) is 1. The number of hydrogen-bond donors (Lipinski definition) is 2. The highest BCUT2D eigenvalue weighted by Gasteiger charge is 2.22. The standard InChI is InChI=1S/C20H30N6O2S.HI/c1-4-18-23-20(29-24-18)26-12-10-25(11-13-26)19(21-5-2)22-14-17(27)15-6-8-16(28-3)9-7-15;/h6-9,17,27H,4-5,10-14H2,1-3H3,(H,21,22);1H. The molecule has 1 aromatic heterocycles. The van der Waals surface area contributed by atoms with E-state index in [1.54, 1.807) is 7.11 Å². The van der Waals surface area contributed by atoms with Crippen LogP contribution in [0.5, 0.6) is 5.75 Å². The van der Waals surface area contributed by atoms with E-state index in [1.807, 2.05) is 24.3 Å². The van der Waals surface area contributed by atoms with Gasteiger partial charge in [-0.05, 0) is 24.6 Å². The number of hydrogen-bond acceptors (Lipinski definition) is 7. The largest absolute Gasteiger partial charge is 0.497 e. The Hall–Kier alpha value is -1.66. The van der Waals surface area contributed by atoms with Crippen LogP contribution in [0.4, 0.5) is 5.13 Å². The van der Waals surface area contributed by atoms with Crippen molar-refractivity contribution in [3.63, 3.8) is 0 Å². The van der Waals surface area contributed by atoms with Crippen LogP contribution in [0.2, 0.25) is 0 Å². The van der Waals surface area contributed by atoms with Gasteiger partial charge >= 0.3 is 0 Å². The SMILES string of the molecule is CCNC(=NCC(O)c1ccc(OC)cc1)N1CCN(c2nc(CC)ns2)CC1.I. The molecule has 8 nitrogen and oxygen atoms in total. The van der Waals surface area contributed by atoms with E-state index in [1.165, 1.54) is 11.5 Å². The molecule has 1 unspecified atom stereocenters. The summed E-state index contributed by atoms with van der Waals surface area (Å²) in [6, 6.07) is 7.45. The number of aliphatic hydroxyl groups excluding tert-OH is 1. The molecular weight excluding hydrogens is 515 g/mol. The molecule has 1 aliphatic rings. The predicted molar refractivity (Wildman–Crippen MR) is 132 cm³/mol. The minimum absolute atomic E-state index is 0. The number of benzene rings is 1. The first-order valence-corrected chi connectivity index (χ1v) is 10.8. The van der Waals surface area contributed by atoms with Crippen molar-refractivity contribution in [2.45, 2.75) is 26.4 Å². The third-order valence-electron chi connectivity index (χ3n) is 4.87. The second-order valence-corrected chi connectivity index (χ2v) is 7.53. The van der Waals surface area contributed by atoms with Crippen molar-refractivity contribution < 1.29 is 9.84 Å². The number of nitrogens with zero attached hydrogens (tertiary/aromatic N) is 5. The Bertz CT molecular complexity index is 793. The van der Waals surface area contributed by atoms with Crippen molar-refractivity contribution in [1.29, 1.82) is 0 Å². The quantitative estimate of drug-likeness (QED) is 0.314. The lowest BCUT2D eigenvalue weighted by molar-refractivity contribution is 0.186. The third-order valence-corrected chi connectivity index (χ3v) is 5.69. The molecule has 0 aliphatic carbocycles. The van der Waals surface area contributed by atoms with Gasteiger partial charge in [0.1, 0.15) is 11.6 Å². The number of rotatable bonds is 7. The van der Waals surface area contributed by atoms with E-state index in [9.17, 15) is 5.11 Å². The Labute approximate surface area is 199 Å². The van der Waals surface area contributed by atoms with E-state index in [4.69, 9.17) is 4.74 Å². The molecule has 1 saturated heterocycles. The van der Waals surface area contributed by atoms with Gasteiger partial charge in [-0.25, -0.2) is 4.98 Å². The summed E-state index contributed by atoms with van der Waals surface area (Å²) in [5, 5.41) is 14.8. The highest BCUT2D eigenvalue weighted by atomic mass is 127. The molecule has 1 atom stereocenters. The number of aryl methyl sites for hydroxylation is 1. The first kappa shape index (κ1) is 24.6. The average Bonchev–Trinajstić information content (AvgIpc) is 3.26. The van der Waals surface area contributed by atoms with Gasteiger partial charge in [-0.2, -0.15) is 4.37 Å². The number of guanidine groups is 1. The third kappa shape index (κ3) is 6.42. The van der Waals surface area contributed by atoms with Gasteiger partial charge in [0.05, 0.1) is 19.8 Å². The number of aliphatic imine (C=N–C) groups is 1. The van der Waals surface area contributed by atoms with E-state index >= 15 is 0 Å². The summed E-state index contributed by atoms with van der Waals surface area (Å²) in [5.41, 5.74) is 0.832. The molecule has 1 aromatic carbocycles. The summed E-state index contributed by atoms with van der Waals surface area (Å²) in [4.78, 5) is 13.8. The summed E-state index contributed by atoms with van der Waals surface area (Å²) in [6.07, 6.45) is 0.217. The summed E-state index contributed by atoms with van der Waals surface area (Å²) in [7, 11) is 1.63. The molecule has 0 saturated carbocycles. The summed E-state index contributed by atoms with van der Waals surface area (Å²) in [6.45, 7) is 8.69. The van der Waals surface area contributed by atoms with Crippen LogP contribution in [0.3, 0.4) is 0 Å². The second kappa shape index (κ2) is 12.3. The molecule has 1 fully saturated rings. The van der Waals surface area contributed by atoms with Crippen molar-refractivity contribution in [3.8, 4) is 5.75 Å². The van der Waals surface area contributed by atoms with Crippen LogP contribution in [-0.4, -0.2) is 71.7 Å². The smallest absolute Gasteiger partial charge is 0.205 e. The minimum atomic E-state index is -0.648. The van der Waals surface area contributed by atoms with Crippen molar-refractivity contribution in [3.05, 3.63) is 35.7 Å². The maximum Gasteiger partial charge on any atom is 0.205 e. The average molecular weight is 546 g/mol. The number of aromatic nitrogens is 2. The lowest BCUT2D eigenvalue weighted by atomic mass is 10.1. The molecule has 1 aliphatic heterocycles. The Morgan fingerprint density at radius 1 is 1.23 bits per heavy atom. The van der Waals surface area contributed by atoms with Crippen LogP contribution in [-0.2, 0) is 6.42 Å². The van der Waals surface area contributed by atoms with Gasteiger partial charge in [0.15, 0.2) is 5.96 Å². The van der Waals surface area contributed by atoms with Crippen molar-refractivity contribution >= 4 is 46.6 Å². The van der Waals surface area contributed by atoms with Crippen LogP contribution in [0, 0.1) is 0 Å². The molecule has 3 rings (SSSR count). The van der Waals surface area contributed by atoms with Gasteiger partial charge in [0.2, 0.25) is 5.13 Å². The molecule has 0 radical (unpaired) electrons. The molecule has 0 bridgehead atoms. The molecule has 30 heavy (non-hydrogen) atoms. The summed E-state index contributed by atoms with van der Waals surface area (Å²) < 4.78 is 9.55. The van der Waals surface area contributed by atoms with E-state index in [0.29, 0.717) is 6.54 Å². The first-order chi connectivity index (χ1) is 14.1. The number of aliphatic hydroxyl groups is 1. The number of methoxy groups -OCH3 is 1. The van der Waals surface area contributed by atoms with Crippen molar-refractivity contribution in [2.75, 3.05) is 51.3 Å². The van der Waals surface area contributed by atoms with Gasteiger partial charge in [-0.15, -0.1) is 24.0 Å². The van der Waals surface area contributed by atoms with Crippen LogP contribution < -0.4 is 15.0 Å². The minimum Gasteiger partial charge on any atom is -0.497 e. The molecule has 0 amide bonds.